The molecule has 0 N–H and O–H groups in total. The van der Waals surface area contributed by atoms with Gasteiger partial charge < -0.3 is 23.7 Å². The van der Waals surface area contributed by atoms with Crippen LogP contribution in [0.4, 0.5) is 0 Å². The number of carbonyl (C=O) groups excluding carboxylic acids is 1. The molecule has 2 atom stereocenters. The van der Waals surface area contributed by atoms with Crippen LogP contribution in [0.2, 0.25) is 0 Å². The predicted molar refractivity (Wildman–Crippen MR) is 150 cm³/mol. The Labute approximate surface area is 230 Å². The van der Waals surface area contributed by atoms with Crippen molar-refractivity contribution < 1.29 is 28.5 Å². The van der Waals surface area contributed by atoms with Crippen molar-refractivity contribution in [2.45, 2.75) is 31.1 Å². The van der Waals surface area contributed by atoms with Gasteiger partial charge in [0.25, 0.3) is 0 Å². The number of piperidine rings is 1. The van der Waals surface area contributed by atoms with Gasteiger partial charge in [0.05, 0.1) is 34.4 Å². The third-order valence-corrected chi connectivity index (χ3v) is 7.86. The van der Waals surface area contributed by atoms with E-state index in [1.165, 1.54) is 19.3 Å². The second-order valence-electron chi connectivity index (χ2n) is 10.1. The summed E-state index contributed by atoms with van der Waals surface area (Å²) in [5.74, 6) is 2.54. The molecule has 39 heavy (non-hydrogen) atoms. The van der Waals surface area contributed by atoms with Crippen LogP contribution in [0.25, 0.3) is 0 Å². The Bertz CT molecular complexity index is 1280. The van der Waals surface area contributed by atoms with Gasteiger partial charge in [-0.2, -0.15) is 0 Å². The minimum absolute atomic E-state index is 0.00404. The largest absolute Gasteiger partial charge is 0.497 e. The first kappa shape index (κ1) is 26.9. The number of methoxy groups -OCH3 is 4. The van der Waals surface area contributed by atoms with E-state index >= 15 is 0 Å². The Morgan fingerprint density at radius 3 is 1.95 bits per heavy atom. The minimum atomic E-state index is -0.490. The topological polar surface area (TPSA) is 66.5 Å². The standard InChI is InChI=1S/C32H37NO6/c1-35-24-16-22(17-25(18-24)36-2)30-29(31-27(32(30)34)19-26(37-3)20-28(31)38-4)21-8-10-23(11-9-21)39-15-14-33-12-6-5-7-13-33/h8-11,16-20,29-30H,5-7,12-15H2,1-4H3. The molecule has 206 valence electrons. The third kappa shape index (κ3) is 5.55. The smallest absolute Gasteiger partial charge is 0.171 e. The van der Waals surface area contributed by atoms with Crippen molar-refractivity contribution >= 4 is 5.78 Å². The van der Waals surface area contributed by atoms with Crippen LogP contribution in [0.5, 0.6) is 28.7 Å². The number of hydrogen-bond donors (Lipinski definition) is 0. The van der Waals surface area contributed by atoms with Crippen LogP contribution in [0.1, 0.15) is 58.1 Å². The van der Waals surface area contributed by atoms with Crippen LogP contribution >= 0.6 is 0 Å². The third-order valence-electron chi connectivity index (χ3n) is 7.86. The fraction of sp³-hybridized carbons (Fsp3) is 0.406. The number of fused-ring (bicyclic) bond motifs is 1. The molecule has 0 aromatic heterocycles. The van der Waals surface area contributed by atoms with E-state index < -0.39 is 5.92 Å². The van der Waals surface area contributed by atoms with Crippen LogP contribution < -0.4 is 23.7 Å². The van der Waals surface area contributed by atoms with E-state index in [0.29, 0.717) is 35.2 Å². The molecule has 0 bridgehead atoms. The lowest BCUT2D eigenvalue weighted by atomic mass is 9.81. The molecule has 2 aliphatic rings. The molecule has 1 aliphatic carbocycles. The van der Waals surface area contributed by atoms with Crippen molar-refractivity contribution in [1.82, 2.24) is 4.90 Å². The number of rotatable bonds is 10. The summed E-state index contributed by atoms with van der Waals surface area (Å²) in [5, 5.41) is 0. The highest BCUT2D eigenvalue weighted by Crippen LogP contribution is 2.53. The second kappa shape index (κ2) is 12.0. The zero-order valence-corrected chi connectivity index (χ0v) is 23.2. The molecule has 1 fully saturated rings. The second-order valence-corrected chi connectivity index (χ2v) is 10.1. The van der Waals surface area contributed by atoms with Gasteiger partial charge in [0.2, 0.25) is 0 Å². The molecule has 3 aromatic carbocycles. The Morgan fingerprint density at radius 2 is 1.33 bits per heavy atom. The van der Waals surface area contributed by atoms with Crippen molar-refractivity contribution in [2.24, 2.45) is 0 Å². The van der Waals surface area contributed by atoms with Crippen molar-refractivity contribution in [2.75, 3.05) is 54.7 Å². The molecule has 0 radical (unpaired) electrons. The van der Waals surface area contributed by atoms with E-state index in [1.54, 1.807) is 28.4 Å². The SMILES string of the molecule is COc1cc(OC)cc(C2C(=O)c3cc(OC)cc(OC)c3C2c2ccc(OCCN3CCCCC3)cc2)c1. The van der Waals surface area contributed by atoms with Crippen molar-refractivity contribution in [3.63, 3.8) is 0 Å². The summed E-state index contributed by atoms with van der Waals surface area (Å²) in [6, 6.07) is 17.4. The van der Waals surface area contributed by atoms with Crippen LogP contribution in [-0.2, 0) is 0 Å². The molecular formula is C32H37NO6. The minimum Gasteiger partial charge on any atom is -0.497 e. The molecule has 1 heterocycles. The molecular weight excluding hydrogens is 494 g/mol. The molecule has 0 saturated carbocycles. The van der Waals surface area contributed by atoms with Crippen molar-refractivity contribution in [3.05, 3.63) is 76.9 Å². The average Bonchev–Trinajstić information content (AvgIpc) is 3.29. The number of Topliss-reactive ketones (excluding diaryl/α,β-unsaturated/α-hetero) is 1. The monoisotopic (exact) mass is 531 g/mol. The van der Waals surface area contributed by atoms with Gasteiger partial charge in [-0.15, -0.1) is 0 Å². The summed E-state index contributed by atoms with van der Waals surface area (Å²) >= 11 is 0. The molecule has 5 rings (SSSR count). The van der Waals surface area contributed by atoms with E-state index in [1.807, 2.05) is 42.5 Å². The van der Waals surface area contributed by atoms with Gasteiger partial charge in [-0.05, 0) is 67.4 Å². The zero-order chi connectivity index (χ0) is 27.4. The van der Waals surface area contributed by atoms with E-state index in [4.69, 9.17) is 23.7 Å². The maximum absolute atomic E-state index is 14.1. The summed E-state index contributed by atoms with van der Waals surface area (Å²) in [5.41, 5.74) is 3.28. The summed E-state index contributed by atoms with van der Waals surface area (Å²) in [6.45, 7) is 3.90. The molecule has 3 aromatic rings. The highest BCUT2D eigenvalue weighted by molar-refractivity contribution is 6.08. The Morgan fingerprint density at radius 1 is 0.692 bits per heavy atom. The molecule has 2 unspecified atom stereocenters. The van der Waals surface area contributed by atoms with E-state index in [-0.39, 0.29) is 11.7 Å². The van der Waals surface area contributed by atoms with Gasteiger partial charge in [-0.25, -0.2) is 0 Å². The fourth-order valence-electron chi connectivity index (χ4n) is 5.86. The maximum atomic E-state index is 14.1. The van der Waals surface area contributed by atoms with Crippen LogP contribution in [-0.4, -0.2) is 65.4 Å². The number of nitrogens with zero attached hydrogens (tertiary/aromatic N) is 1. The van der Waals surface area contributed by atoms with Crippen LogP contribution in [0.15, 0.2) is 54.6 Å². The van der Waals surface area contributed by atoms with Gasteiger partial charge in [0, 0.05) is 35.7 Å². The van der Waals surface area contributed by atoms with E-state index in [2.05, 4.69) is 17.0 Å². The average molecular weight is 532 g/mol. The highest BCUT2D eigenvalue weighted by atomic mass is 16.5. The first-order valence-corrected chi connectivity index (χ1v) is 13.5. The normalized spacial score (nSPS) is 18.9. The molecule has 0 amide bonds. The number of ketones is 1. The summed E-state index contributed by atoms with van der Waals surface area (Å²) < 4.78 is 28.4. The molecule has 7 nitrogen and oxygen atoms in total. The number of ether oxygens (including phenoxy) is 5. The molecule has 7 heteroatoms. The number of benzene rings is 3. The Balaban J connectivity index is 1.50. The lowest BCUT2D eigenvalue weighted by Crippen LogP contribution is -2.33. The van der Waals surface area contributed by atoms with Crippen LogP contribution in [0.3, 0.4) is 0 Å². The summed E-state index contributed by atoms with van der Waals surface area (Å²) in [4.78, 5) is 16.5. The van der Waals surface area contributed by atoms with Crippen LogP contribution in [0, 0.1) is 0 Å². The van der Waals surface area contributed by atoms with Gasteiger partial charge in [-0.1, -0.05) is 18.6 Å². The lowest BCUT2D eigenvalue weighted by molar-refractivity contribution is 0.0968. The molecule has 1 aliphatic heterocycles. The van der Waals surface area contributed by atoms with E-state index in [9.17, 15) is 4.79 Å². The van der Waals surface area contributed by atoms with Gasteiger partial charge >= 0.3 is 0 Å². The summed E-state index contributed by atoms with van der Waals surface area (Å²) in [7, 11) is 6.43. The Hall–Kier alpha value is -3.71. The number of hydrogen-bond acceptors (Lipinski definition) is 7. The quantitative estimate of drug-likeness (QED) is 0.333. The first-order chi connectivity index (χ1) is 19.1. The Kier molecular flexibility index (Phi) is 8.27. The number of likely N-dealkylation sites (tertiary alicyclic amines) is 1. The van der Waals surface area contributed by atoms with Gasteiger partial charge in [0.15, 0.2) is 5.78 Å². The van der Waals surface area contributed by atoms with Crippen molar-refractivity contribution in [1.29, 1.82) is 0 Å². The van der Waals surface area contributed by atoms with Crippen molar-refractivity contribution in [3.8, 4) is 28.7 Å². The first-order valence-electron chi connectivity index (χ1n) is 13.5. The highest BCUT2D eigenvalue weighted by Gasteiger charge is 2.44. The fourth-order valence-corrected chi connectivity index (χ4v) is 5.86. The molecule has 0 spiro atoms. The predicted octanol–water partition coefficient (Wildman–Crippen LogP) is 5.70. The summed E-state index contributed by atoms with van der Waals surface area (Å²) in [6.07, 6.45) is 3.87. The van der Waals surface area contributed by atoms with Gasteiger partial charge in [-0.3, -0.25) is 9.69 Å². The lowest BCUT2D eigenvalue weighted by Gasteiger charge is -2.26. The number of carbonyl (C=O) groups is 1. The maximum Gasteiger partial charge on any atom is 0.171 e. The van der Waals surface area contributed by atoms with E-state index in [0.717, 1.165) is 42.1 Å². The van der Waals surface area contributed by atoms with Gasteiger partial charge in [0.1, 0.15) is 35.4 Å². The zero-order valence-electron chi connectivity index (χ0n) is 23.2. The molecule has 1 saturated heterocycles.